The number of anilines is 1. The SMILES string of the molecule is COCC(C)n1ccnc1NCc1ccncc1C. The van der Waals surface area contributed by atoms with Crippen LogP contribution in [0.25, 0.3) is 0 Å². The van der Waals surface area contributed by atoms with Crippen LogP contribution in [-0.4, -0.2) is 28.3 Å². The van der Waals surface area contributed by atoms with Crippen LogP contribution in [0.15, 0.2) is 30.9 Å². The lowest BCUT2D eigenvalue weighted by Crippen LogP contribution is -2.14. The lowest BCUT2D eigenvalue weighted by atomic mass is 10.1. The number of aromatic nitrogens is 3. The Morgan fingerprint density at radius 3 is 3.00 bits per heavy atom. The highest BCUT2D eigenvalue weighted by atomic mass is 16.5. The number of methoxy groups -OCH3 is 1. The molecule has 2 rings (SSSR count). The molecular weight excluding hydrogens is 240 g/mol. The van der Waals surface area contributed by atoms with Gasteiger partial charge in [0.1, 0.15) is 0 Å². The maximum atomic E-state index is 5.18. The number of nitrogens with one attached hydrogen (secondary N) is 1. The Bertz CT molecular complexity index is 524. The molecule has 0 spiro atoms. The summed E-state index contributed by atoms with van der Waals surface area (Å²) in [7, 11) is 1.71. The van der Waals surface area contributed by atoms with Crippen LogP contribution in [0.4, 0.5) is 5.95 Å². The molecule has 1 unspecified atom stereocenters. The van der Waals surface area contributed by atoms with Gasteiger partial charge in [-0.1, -0.05) is 0 Å². The van der Waals surface area contributed by atoms with Gasteiger partial charge in [0.05, 0.1) is 12.6 Å². The van der Waals surface area contributed by atoms with E-state index in [0.29, 0.717) is 6.61 Å². The lowest BCUT2D eigenvalue weighted by molar-refractivity contribution is 0.163. The fourth-order valence-corrected chi connectivity index (χ4v) is 2.00. The van der Waals surface area contributed by atoms with Crippen LogP contribution in [0.3, 0.4) is 0 Å². The van der Waals surface area contributed by atoms with E-state index >= 15 is 0 Å². The first-order valence-electron chi connectivity index (χ1n) is 6.37. The highest BCUT2D eigenvalue weighted by Gasteiger charge is 2.09. The molecule has 1 atom stereocenters. The normalized spacial score (nSPS) is 12.4. The largest absolute Gasteiger partial charge is 0.383 e. The molecule has 0 fully saturated rings. The second-order valence-electron chi connectivity index (χ2n) is 4.62. The van der Waals surface area contributed by atoms with Crippen LogP contribution in [-0.2, 0) is 11.3 Å². The van der Waals surface area contributed by atoms with Crippen LogP contribution >= 0.6 is 0 Å². The summed E-state index contributed by atoms with van der Waals surface area (Å²) < 4.78 is 7.26. The topological polar surface area (TPSA) is 52.0 Å². The van der Waals surface area contributed by atoms with Crippen molar-refractivity contribution in [2.24, 2.45) is 0 Å². The molecule has 19 heavy (non-hydrogen) atoms. The summed E-state index contributed by atoms with van der Waals surface area (Å²) in [6, 6.07) is 2.28. The number of pyridine rings is 1. The van der Waals surface area contributed by atoms with E-state index in [2.05, 4.69) is 33.7 Å². The van der Waals surface area contributed by atoms with E-state index in [1.54, 1.807) is 13.3 Å². The van der Waals surface area contributed by atoms with Crippen LogP contribution < -0.4 is 5.32 Å². The quantitative estimate of drug-likeness (QED) is 0.866. The molecule has 0 aliphatic heterocycles. The number of hydrogen-bond donors (Lipinski definition) is 1. The number of imidazole rings is 1. The predicted molar refractivity (Wildman–Crippen MR) is 75.1 cm³/mol. The molecule has 5 heteroatoms. The number of ether oxygens (including phenoxy) is 1. The molecule has 0 aliphatic carbocycles. The minimum atomic E-state index is 0.258. The summed E-state index contributed by atoms with van der Waals surface area (Å²) in [6.07, 6.45) is 7.44. The standard InChI is InChI=1S/C14H20N4O/c1-11-8-15-5-4-13(11)9-17-14-16-6-7-18(14)12(2)10-19-3/h4-8,12H,9-10H2,1-3H3,(H,16,17). The van der Waals surface area contributed by atoms with Gasteiger partial charge in [0.15, 0.2) is 0 Å². The van der Waals surface area contributed by atoms with E-state index in [4.69, 9.17) is 4.74 Å². The van der Waals surface area contributed by atoms with Gasteiger partial charge in [-0.2, -0.15) is 0 Å². The highest BCUT2D eigenvalue weighted by Crippen LogP contribution is 2.15. The summed E-state index contributed by atoms with van der Waals surface area (Å²) in [4.78, 5) is 8.44. The number of aryl methyl sites for hydroxylation is 1. The van der Waals surface area contributed by atoms with E-state index in [1.165, 1.54) is 11.1 Å². The average molecular weight is 260 g/mol. The minimum Gasteiger partial charge on any atom is -0.383 e. The molecule has 0 saturated heterocycles. The van der Waals surface area contributed by atoms with Crippen molar-refractivity contribution in [2.45, 2.75) is 26.4 Å². The molecule has 0 bridgehead atoms. The smallest absolute Gasteiger partial charge is 0.203 e. The Morgan fingerprint density at radius 1 is 1.42 bits per heavy atom. The zero-order valence-corrected chi connectivity index (χ0v) is 11.6. The number of nitrogens with zero attached hydrogens (tertiary/aromatic N) is 3. The van der Waals surface area contributed by atoms with Crippen molar-refractivity contribution >= 4 is 5.95 Å². The molecule has 2 heterocycles. The lowest BCUT2D eigenvalue weighted by Gasteiger charge is -2.16. The van der Waals surface area contributed by atoms with Gasteiger partial charge in [-0.15, -0.1) is 0 Å². The summed E-state index contributed by atoms with van der Waals surface area (Å²) in [5, 5.41) is 3.36. The molecule has 0 radical (unpaired) electrons. The summed E-state index contributed by atoms with van der Waals surface area (Å²) in [5.74, 6) is 0.862. The first-order valence-corrected chi connectivity index (χ1v) is 6.37. The van der Waals surface area contributed by atoms with Gasteiger partial charge >= 0.3 is 0 Å². The van der Waals surface area contributed by atoms with E-state index in [0.717, 1.165) is 12.5 Å². The summed E-state index contributed by atoms with van der Waals surface area (Å²) in [5.41, 5.74) is 2.40. The van der Waals surface area contributed by atoms with Crippen molar-refractivity contribution in [3.05, 3.63) is 42.0 Å². The molecule has 0 aromatic carbocycles. The highest BCUT2D eigenvalue weighted by molar-refractivity contribution is 5.31. The molecular formula is C14H20N4O. The number of rotatable bonds is 6. The molecule has 0 saturated carbocycles. The van der Waals surface area contributed by atoms with E-state index in [-0.39, 0.29) is 6.04 Å². The van der Waals surface area contributed by atoms with Gasteiger partial charge in [0, 0.05) is 38.4 Å². The van der Waals surface area contributed by atoms with Crippen molar-refractivity contribution < 1.29 is 4.74 Å². The Balaban J connectivity index is 2.04. The van der Waals surface area contributed by atoms with Gasteiger partial charge in [-0.25, -0.2) is 4.98 Å². The predicted octanol–water partition coefficient (Wildman–Crippen LogP) is 2.41. The fourth-order valence-electron chi connectivity index (χ4n) is 2.00. The van der Waals surface area contributed by atoms with Crippen molar-refractivity contribution in [1.29, 1.82) is 0 Å². The first-order chi connectivity index (χ1) is 9.22. The van der Waals surface area contributed by atoms with Crippen molar-refractivity contribution in [3.63, 3.8) is 0 Å². The van der Waals surface area contributed by atoms with E-state index in [9.17, 15) is 0 Å². The molecule has 2 aromatic heterocycles. The Kier molecular flexibility index (Phi) is 4.52. The first kappa shape index (κ1) is 13.5. The van der Waals surface area contributed by atoms with Crippen molar-refractivity contribution in [1.82, 2.24) is 14.5 Å². The Labute approximate surface area is 113 Å². The van der Waals surface area contributed by atoms with E-state index in [1.807, 2.05) is 24.7 Å². The Morgan fingerprint density at radius 2 is 2.26 bits per heavy atom. The molecule has 2 aromatic rings. The summed E-state index contributed by atoms with van der Waals surface area (Å²) in [6.45, 7) is 5.57. The zero-order valence-electron chi connectivity index (χ0n) is 11.6. The number of hydrogen-bond acceptors (Lipinski definition) is 4. The molecule has 102 valence electrons. The summed E-state index contributed by atoms with van der Waals surface area (Å²) >= 11 is 0. The third-order valence-corrected chi connectivity index (χ3v) is 3.12. The van der Waals surface area contributed by atoms with Gasteiger partial charge in [0.25, 0.3) is 0 Å². The Hall–Kier alpha value is -1.88. The monoisotopic (exact) mass is 260 g/mol. The van der Waals surface area contributed by atoms with Crippen LogP contribution in [0.5, 0.6) is 0 Å². The minimum absolute atomic E-state index is 0.258. The van der Waals surface area contributed by atoms with Gasteiger partial charge < -0.3 is 14.6 Å². The van der Waals surface area contributed by atoms with Crippen LogP contribution in [0, 0.1) is 6.92 Å². The maximum absolute atomic E-state index is 5.18. The van der Waals surface area contributed by atoms with Crippen molar-refractivity contribution in [2.75, 3.05) is 19.0 Å². The molecule has 0 amide bonds. The third kappa shape index (κ3) is 3.32. The van der Waals surface area contributed by atoms with Crippen LogP contribution in [0.2, 0.25) is 0 Å². The second kappa shape index (κ2) is 6.33. The van der Waals surface area contributed by atoms with Crippen molar-refractivity contribution in [3.8, 4) is 0 Å². The van der Waals surface area contributed by atoms with E-state index < -0.39 is 0 Å². The molecule has 5 nitrogen and oxygen atoms in total. The molecule has 0 aliphatic rings. The van der Waals surface area contributed by atoms with Crippen LogP contribution in [0.1, 0.15) is 24.1 Å². The molecule has 1 N–H and O–H groups in total. The van der Waals surface area contributed by atoms with Gasteiger partial charge in [-0.05, 0) is 31.0 Å². The third-order valence-electron chi connectivity index (χ3n) is 3.12. The average Bonchev–Trinajstić information content (AvgIpc) is 2.86. The maximum Gasteiger partial charge on any atom is 0.203 e. The fraction of sp³-hybridized carbons (Fsp3) is 0.429. The van der Waals surface area contributed by atoms with Gasteiger partial charge in [-0.3, -0.25) is 4.98 Å². The second-order valence-corrected chi connectivity index (χ2v) is 4.62. The zero-order chi connectivity index (χ0) is 13.7. The van der Waals surface area contributed by atoms with Gasteiger partial charge in [0.2, 0.25) is 5.95 Å².